The van der Waals surface area contributed by atoms with Crippen LogP contribution in [0.2, 0.25) is 0 Å². The van der Waals surface area contributed by atoms with Crippen LogP contribution in [0.4, 0.5) is 4.39 Å². The Balaban J connectivity index is 2.05. The lowest BCUT2D eigenvalue weighted by Gasteiger charge is -2.08. The normalized spacial score (nSPS) is 10.2. The molecule has 0 saturated heterocycles. The number of hydrogen-bond donors (Lipinski definition) is 2. The number of phenolic OH excluding ortho intramolecular Hbond substituents is 1. The summed E-state index contributed by atoms with van der Waals surface area (Å²) in [6.45, 7) is 2.36. The van der Waals surface area contributed by atoms with E-state index in [-0.39, 0.29) is 11.5 Å². The quantitative estimate of drug-likeness (QED) is 0.890. The minimum absolute atomic E-state index is 0.229. The van der Waals surface area contributed by atoms with Crippen molar-refractivity contribution in [2.75, 3.05) is 0 Å². The van der Waals surface area contributed by atoms with Gasteiger partial charge < -0.3 is 10.4 Å². The summed E-state index contributed by atoms with van der Waals surface area (Å²) in [5.74, 6) is -1.61. The molecule has 0 aliphatic rings. The number of halogens is 1. The molecule has 0 aliphatic carbocycles. The summed E-state index contributed by atoms with van der Waals surface area (Å²) in [4.78, 5) is 11.8. The Kier molecular flexibility index (Phi) is 3.80. The van der Waals surface area contributed by atoms with E-state index in [1.165, 1.54) is 6.07 Å². The van der Waals surface area contributed by atoms with Gasteiger partial charge in [0, 0.05) is 12.1 Å². The zero-order valence-corrected chi connectivity index (χ0v) is 10.5. The van der Waals surface area contributed by atoms with E-state index in [2.05, 4.69) is 5.32 Å². The van der Waals surface area contributed by atoms with Crippen molar-refractivity contribution in [3.63, 3.8) is 0 Å². The number of carbonyl (C=O) groups is 1. The van der Waals surface area contributed by atoms with Crippen molar-refractivity contribution in [1.29, 1.82) is 0 Å². The van der Waals surface area contributed by atoms with Crippen molar-refractivity contribution in [2.45, 2.75) is 13.5 Å². The Morgan fingerprint density at radius 2 is 2.00 bits per heavy atom. The standard InChI is InChI=1S/C15H14FNO2/c1-10-4-2-3-5-12(10)9-17-15(19)11-6-7-13(16)14(18)8-11/h2-8,18H,9H2,1H3,(H,17,19). The lowest BCUT2D eigenvalue weighted by Crippen LogP contribution is -2.23. The molecule has 0 aliphatic heterocycles. The fourth-order valence-corrected chi connectivity index (χ4v) is 1.74. The van der Waals surface area contributed by atoms with Crippen molar-refractivity contribution in [1.82, 2.24) is 5.32 Å². The molecule has 0 radical (unpaired) electrons. The second-order valence-corrected chi connectivity index (χ2v) is 4.28. The van der Waals surface area contributed by atoms with Gasteiger partial charge in [0.1, 0.15) is 0 Å². The molecule has 3 nitrogen and oxygen atoms in total. The van der Waals surface area contributed by atoms with E-state index in [0.29, 0.717) is 6.54 Å². The first kappa shape index (κ1) is 13.1. The summed E-state index contributed by atoms with van der Waals surface area (Å²) in [6.07, 6.45) is 0. The van der Waals surface area contributed by atoms with Crippen LogP contribution in [0.25, 0.3) is 0 Å². The summed E-state index contributed by atoms with van der Waals surface area (Å²) in [6, 6.07) is 11.2. The van der Waals surface area contributed by atoms with E-state index in [1.54, 1.807) is 0 Å². The molecular formula is C15H14FNO2. The van der Waals surface area contributed by atoms with Crippen LogP contribution >= 0.6 is 0 Å². The van der Waals surface area contributed by atoms with Gasteiger partial charge in [0.15, 0.2) is 11.6 Å². The summed E-state index contributed by atoms with van der Waals surface area (Å²) in [5.41, 5.74) is 2.33. The van der Waals surface area contributed by atoms with Crippen LogP contribution in [0.15, 0.2) is 42.5 Å². The molecule has 0 fully saturated rings. The molecule has 1 amide bonds. The number of carbonyl (C=O) groups excluding carboxylic acids is 1. The third kappa shape index (κ3) is 3.10. The van der Waals surface area contributed by atoms with Crippen molar-refractivity contribution < 1.29 is 14.3 Å². The topological polar surface area (TPSA) is 49.3 Å². The van der Waals surface area contributed by atoms with Gasteiger partial charge in [-0.25, -0.2) is 4.39 Å². The van der Waals surface area contributed by atoms with Crippen LogP contribution in [-0.4, -0.2) is 11.0 Å². The van der Waals surface area contributed by atoms with E-state index in [4.69, 9.17) is 0 Å². The number of benzene rings is 2. The maximum Gasteiger partial charge on any atom is 0.251 e. The van der Waals surface area contributed by atoms with Crippen molar-refractivity contribution >= 4 is 5.91 Å². The van der Waals surface area contributed by atoms with Gasteiger partial charge in [-0.15, -0.1) is 0 Å². The van der Waals surface area contributed by atoms with Gasteiger partial charge in [0.05, 0.1) is 0 Å². The Hall–Kier alpha value is -2.36. The predicted octanol–water partition coefficient (Wildman–Crippen LogP) is 2.77. The molecule has 98 valence electrons. The van der Waals surface area contributed by atoms with Crippen LogP contribution in [0, 0.1) is 12.7 Å². The number of aromatic hydroxyl groups is 1. The molecule has 0 atom stereocenters. The number of rotatable bonds is 3. The van der Waals surface area contributed by atoms with Gasteiger partial charge in [-0.1, -0.05) is 24.3 Å². The maximum atomic E-state index is 12.9. The Morgan fingerprint density at radius 3 is 2.68 bits per heavy atom. The van der Waals surface area contributed by atoms with E-state index in [1.807, 2.05) is 31.2 Å². The van der Waals surface area contributed by atoms with Crippen LogP contribution < -0.4 is 5.32 Å². The smallest absolute Gasteiger partial charge is 0.251 e. The summed E-state index contributed by atoms with van der Waals surface area (Å²) >= 11 is 0. The number of phenols is 1. The Bertz CT molecular complexity index is 611. The van der Waals surface area contributed by atoms with Gasteiger partial charge in [0.25, 0.3) is 5.91 Å². The highest BCUT2D eigenvalue weighted by Crippen LogP contribution is 2.16. The second-order valence-electron chi connectivity index (χ2n) is 4.28. The molecule has 0 heterocycles. The first-order chi connectivity index (χ1) is 9.08. The predicted molar refractivity (Wildman–Crippen MR) is 70.4 cm³/mol. The summed E-state index contributed by atoms with van der Waals surface area (Å²) in [5, 5.41) is 12.0. The van der Waals surface area contributed by atoms with E-state index in [9.17, 15) is 14.3 Å². The lowest BCUT2D eigenvalue weighted by molar-refractivity contribution is 0.0950. The van der Waals surface area contributed by atoms with Crippen LogP contribution in [0.5, 0.6) is 5.75 Å². The molecule has 2 aromatic rings. The number of amides is 1. The van der Waals surface area contributed by atoms with Gasteiger partial charge in [-0.05, 0) is 36.2 Å². The summed E-state index contributed by atoms with van der Waals surface area (Å²) < 4.78 is 12.9. The molecule has 0 aromatic heterocycles. The average Bonchev–Trinajstić information content (AvgIpc) is 2.40. The molecule has 0 unspecified atom stereocenters. The van der Waals surface area contributed by atoms with Crippen molar-refractivity contribution in [2.24, 2.45) is 0 Å². The summed E-state index contributed by atoms with van der Waals surface area (Å²) in [7, 11) is 0. The molecule has 0 saturated carbocycles. The second kappa shape index (κ2) is 5.52. The molecule has 0 bridgehead atoms. The van der Waals surface area contributed by atoms with E-state index >= 15 is 0 Å². The number of hydrogen-bond acceptors (Lipinski definition) is 2. The Labute approximate surface area is 110 Å². The fourth-order valence-electron chi connectivity index (χ4n) is 1.74. The zero-order chi connectivity index (χ0) is 13.8. The van der Waals surface area contributed by atoms with Gasteiger partial charge in [-0.3, -0.25) is 4.79 Å². The van der Waals surface area contributed by atoms with Crippen LogP contribution in [0.3, 0.4) is 0 Å². The number of nitrogens with one attached hydrogen (secondary N) is 1. The van der Waals surface area contributed by atoms with E-state index < -0.39 is 11.6 Å². The highest BCUT2D eigenvalue weighted by molar-refractivity contribution is 5.94. The largest absolute Gasteiger partial charge is 0.505 e. The highest BCUT2D eigenvalue weighted by Gasteiger charge is 2.09. The third-order valence-corrected chi connectivity index (χ3v) is 2.91. The van der Waals surface area contributed by atoms with Crippen LogP contribution in [0.1, 0.15) is 21.5 Å². The lowest BCUT2D eigenvalue weighted by atomic mass is 10.1. The van der Waals surface area contributed by atoms with Gasteiger partial charge in [-0.2, -0.15) is 0 Å². The fraction of sp³-hybridized carbons (Fsp3) is 0.133. The van der Waals surface area contributed by atoms with E-state index in [0.717, 1.165) is 23.3 Å². The highest BCUT2D eigenvalue weighted by atomic mass is 19.1. The molecule has 4 heteroatoms. The maximum absolute atomic E-state index is 12.9. The molecule has 2 rings (SSSR count). The SMILES string of the molecule is Cc1ccccc1CNC(=O)c1ccc(F)c(O)c1. The van der Waals surface area contributed by atoms with Gasteiger partial charge >= 0.3 is 0 Å². The molecule has 19 heavy (non-hydrogen) atoms. The minimum Gasteiger partial charge on any atom is -0.505 e. The van der Waals surface area contributed by atoms with Crippen LogP contribution in [-0.2, 0) is 6.54 Å². The number of aryl methyl sites for hydroxylation is 1. The first-order valence-corrected chi connectivity index (χ1v) is 5.89. The molecule has 2 N–H and O–H groups in total. The van der Waals surface area contributed by atoms with Gasteiger partial charge in [0.2, 0.25) is 0 Å². The molecule has 0 spiro atoms. The molecular weight excluding hydrogens is 245 g/mol. The molecule has 2 aromatic carbocycles. The monoisotopic (exact) mass is 259 g/mol. The minimum atomic E-state index is -0.740. The average molecular weight is 259 g/mol. The zero-order valence-electron chi connectivity index (χ0n) is 10.5. The van der Waals surface area contributed by atoms with Crippen molar-refractivity contribution in [3.05, 3.63) is 65.0 Å². The third-order valence-electron chi connectivity index (χ3n) is 2.91. The first-order valence-electron chi connectivity index (χ1n) is 5.89. The van der Waals surface area contributed by atoms with Crippen molar-refractivity contribution in [3.8, 4) is 5.75 Å². The Morgan fingerprint density at radius 1 is 1.26 bits per heavy atom.